The number of carbonyl (C=O) groups is 1. The van der Waals surface area contributed by atoms with Crippen LogP contribution in [-0.2, 0) is 11.3 Å². The monoisotopic (exact) mass is 288 g/mol. The predicted molar refractivity (Wildman–Crippen MR) is 72.0 cm³/mol. The van der Waals surface area contributed by atoms with E-state index >= 15 is 0 Å². The molecule has 0 amide bonds. The summed E-state index contributed by atoms with van der Waals surface area (Å²) >= 11 is 0. The molecule has 0 spiro atoms. The topological polar surface area (TPSA) is 107 Å². The molecule has 0 saturated heterocycles. The summed E-state index contributed by atoms with van der Waals surface area (Å²) in [7, 11) is 0. The highest BCUT2D eigenvalue weighted by atomic mass is 16.4. The first-order valence-corrected chi connectivity index (χ1v) is 6.96. The van der Waals surface area contributed by atoms with Crippen LogP contribution in [0.1, 0.15) is 32.1 Å². The smallest absolute Gasteiger partial charge is 0.311 e. The zero-order valence-electron chi connectivity index (χ0n) is 11.5. The van der Waals surface area contributed by atoms with Crippen LogP contribution in [0.4, 0.5) is 0 Å². The van der Waals surface area contributed by atoms with Gasteiger partial charge in [0.2, 0.25) is 0 Å². The van der Waals surface area contributed by atoms with Crippen molar-refractivity contribution in [1.29, 1.82) is 0 Å². The Bertz CT molecular complexity index is 621. The maximum atomic E-state index is 11.7. The van der Waals surface area contributed by atoms with Gasteiger partial charge in [0.25, 0.3) is 0 Å². The maximum absolute atomic E-state index is 11.7. The molecule has 0 aliphatic heterocycles. The molecule has 110 valence electrons. The zero-order chi connectivity index (χ0) is 14.7. The fraction of sp³-hybridized carbons (Fsp3) is 0.538. The summed E-state index contributed by atoms with van der Waals surface area (Å²) in [6, 6.07) is 0. The molecule has 0 unspecified atom stereocenters. The number of carboxylic acids is 1. The highest BCUT2D eigenvalue weighted by molar-refractivity contribution is 5.74. The second-order valence-corrected chi connectivity index (χ2v) is 5.43. The maximum Gasteiger partial charge on any atom is 0.311 e. The van der Waals surface area contributed by atoms with Crippen molar-refractivity contribution in [2.24, 2.45) is 5.41 Å². The second-order valence-electron chi connectivity index (χ2n) is 5.43. The first kappa shape index (κ1) is 13.6. The molecule has 8 heteroatoms. The van der Waals surface area contributed by atoms with Gasteiger partial charge in [-0.05, 0) is 23.3 Å². The number of rotatable bonds is 4. The molecule has 1 aliphatic carbocycles. The van der Waals surface area contributed by atoms with Crippen LogP contribution in [0.15, 0.2) is 18.7 Å². The van der Waals surface area contributed by atoms with Crippen LogP contribution in [0.3, 0.4) is 0 Å². The average Bonchev–Trinajstić information content (AvgIpc) is 2.97. The van der Waals surface area contributed by atoms with Crippen molar-refractivity contribution in [2.45, 2.75) is 38.6 Å². The normalized spacial score (nSPS) is 17.5. The Kier molecular flexibility index (Phi) is 3.59. The van der Waals surface area contributed by atoms with E-state index in [1.54, 1.807) is 17.1 Å². The third kappa shape index (κ3) is 2.61. The molecule has 0 bridgehead atoms. The lowest BCUT2D eigenvalue weighted by atomic mass is 9.74. The van der Waals surface area contributed by atoms with Gasteiger partial charge in [0.05, 0.1) is 17.5 Å². The van der Waals surface area contributed by atoms with Crippen LogP contribution >= 0.6 is 0 Å². The number of nitrogens with zero attached hydrogens (tertiary/aromatic N) is 6. The lowest BCUT2D eigenvalue weighted by Gasteiger charge is -2.32. The molecule has 1 saturated carbocycles. The summed E-state index contributed by atoms with van der Waals surface area (Å²) in [6.45, 7) is 0.277. The molecule has 0 aromatic carbocycles. The van der Waals surface area contributed by atoms with Gasteiger partial charge in [-0.1, -0.05) is 19.3 Å². The van der Waals surface area contributed by atoms with E-state index in [0.29, 0.717) is 24.2 Å². The number of carboxylic acid groups (broad SMARTS) is 1. The highest BCUT2D eigenvalue weighted by Crippen LogP contribution is 2.38. The highest BCUT2D eigenvalue weighted by Gasteiger charge is 2.41. The van der Waals surface area contributed by atoms with Crippen LogP contribution in [0.5, 0.6) is 0 Å². The van der Waals surface area contributed by atoms with Crippen LogP contribution < -0.4 is 0 Å². The Morgan fingerprint density at radius 2 is 1.95 bits per heavy atom. The first-order chi connectivity index (χ1) is 10.2. The quantitative estimate of drug-likeness (QED) is 0.899. The Hall–Kier alpha value is -2.38. The van der Waals surface area contributed by atoms with Crippen molar-refractivity contribution in [1.82, 2.24) is 30.2 Å². The fourth-order valence-electron chi connectivity index (χ4n) is 2.89. The van der Waals surface area contributed by atoms with E-state index in [9.17, 15) is 9.90 Å². The summed E-state index contributed by atoms with van der Waals surface area (Å²) in [5.74, 6) is -0.269. The Morgan fingerprint density at radius 3 is 2.62 bits per heavy atom. The molecule has 0 atom stereocenters. The number of aromatic nitrogens is 6. The van der Waals surface area contributed by atoms with E-state index in [1.807, 2.05) is 0 Å². The Labute approximate surface area is 121 Å². The van der Waals surface area contributed by atoms with Crippen molar-refractivity contribution in [3.63, 3.8) is 0 Å². The van der Waals surface area contributed by atoms with E-state index in [0.717, 1.165) is 19.3 Å². The fourth-order valence-corrected chi connectivity index (χ4v) is 2.89. The van der Waals surface area contributed by atoms with E-state index in [2.05, 4.69) is 25.5 Å². The van der Waals surface area contributed by atoms with Crippen molar-refractivity contribution < 1.29 is 9.90 Å². The first-order valence-electron chi connectivity index (χ1n) is 6.96. The van der Waals surface area contributed by atoms with Crippen molar-refractivity contribution in [2.75, 3.05) is 0 Å². The van der Waals surface area contributed by atoms with E-state index < -0.39 is 11.4 Å². The van der Waals surface area contributed by atoms with E-state index in [-0.39, 0.29) is 6.54 Å². The number of tetrazole rings is 1. The van der Waals surface area contributed by atoms with Gasteiger partial charge in [-0.3, -0.25) is 4.79 Å². The van der Waals surface area contributed by atoms with E-state index in [1.165, 1.54) is 6.33 Å². The van der Waals surface area contributed by atoms with Gasteiger partial charge in [0.15, 0.2) is 5.82 Å². The van der Waals surface area contributed by atoms with E-state index in [4.69, 9.17) is 0 Å². The van der Waals surface area contributed by atoms with Crippen molar-refractivity contribution >= 4 is 5.97 Å². The van der Waals surface area contributed by atoms with Crippen LogP contribution in [-0.4, -0.2) is 41.3 Å². The van der Waals surface area contributed by atoms with Crippen LogP contribution in [0.2, 0.25) is 0 Å². The molecule has 1 aliphatic rings. The molecule has 1 fully saturated rings. The molecule has 2 aromatic heterocycles. The third-order valence-corrected chi connectivity index (χ3v) is 4.07. The summed E-state index contributed by atoms with van der Waals surface area (Å²) in [5.41, 5.74) is -0.100. The predicted octanol–water partition coefficient (Wildman–Crippen LogP) is 1.17. The minimum Gasteiger partial charge on any atom is -0.481 e. The number of hydrogen-bond acceptors (Lipinski definition) is 6. The Balaban J connectivity index is 1.91. The summed E-state index contributed by atoms with van der Waals surface area (Å²) in [6.07, 6.45) is 8.92. The van der Waals surface area contributed by atoms with Gasteiger partial charge in [-0.2, -0.15) is 0 Å². The molecule has 2 aromatic rings. The molecular formula is C13H16N6O2. The number of aliphatic carboxylic acids is 1. The molecule has 21 heavy (non-hydrogen) atoms. The van der Waals surface area contributed by atoms with Gasteiger partial charge >= 0.3 is 5.97 Å². The second kappa shape index (κ2) is 5.55. The van der Waals surface area contributed by atoms with Crippen molar-refractivity contribution in [3.8, 4) is 11.4 Å². The lowest BCUT2D eigenvalue weighted by molar-refractivity contribution is -0.152. The summed E-state index contributed by atoms with van der Waals surface area (Å²) in [4.78, 5) is 19.6. The van der Waals surface area contributed by atoms with Crippen LogP contribution in [0, 0.1) is 5.41 Å². The molecule has 8 nitrogen and oxygen atoms in total. The van der Waals surface area contributed by atoms with Gasteiger partial charge in [-0.15, -0.1) is 5.10 Å². The third-order valence-electron chi connectivity index (χ3n) is 4.07. The standard InChI is InChI=1S/C13H16N6O2/c20-12(21)13(4-2-1-3-5-13)8-19-11(16-17-18-19)10-6-14-9-15-7-10/h6-7,9H,1-5,8H2,(H,20,21). The minimum absolute atomic E-state index is 0.277. The molecule has 1 N–H and O–H groups in total. The zero-order valence-corrected chi connectivity index (χ0v) is 11.5. The summed E-state index contributed by atoms with van der Waals surface area (Å²) in [5, 5.41) is 21.2. The van der Waals surface area contributed by atoms with Gasteiger partial charge in [0.1, 0.15) is 6.33 Å². The molecule has 3 rings (SSSR count). The Morgan fingerprint density at radius 1 is 1.24 bits per heavy atom. The lowest BCUT2D eigenvalue weighted by Crippen LogP contribution is -2.38. The molecular weight excluding hydrogens is 272 g/mol. The van der Waals surface area contributed by atoms with Gasteiger partial charge in [-0.25, -0.2) is 14.6 Å². The average molecular weight is 288 g/mol. The minimum atomic E-state index is -0.780. The number of hydrogen-bond donors (Lipinski definition) is 1. The molecule has 0 radical (unpaired) electrons. The molecule has 2 heterocycles. The van der Waals surface area contributed by atoms with Crippen molar-refractivity contribution in [3.05, 3.63) is 18.7 Å². The SMILES string of the molecule is O=C(O)C1(Cn2nnnc2-c2cncnc2)CCCCC1. The van der Waals surface area contributed by atoms with Gasteiger partial charge in [0, 0.05) is 12.4 Å². The van der Waals surface area contributed by atoms with Crippen LogP contribution in [0.25, 0.3) is 11.4 Å². The largest absolute Gasteiger partial charge is 0.481 e. The van der Waals surface area contributed by atoms with Gasteiger partial charge < -0.3 is 5.11 Å². The summed E-state index contributed by atoms with van der Waals surface area (Å²) < 4.78 is 1.55.